The van der Waals surface area contributed by atoms with E-state index >= 15 is 0 Å². The van der Waals surface area contributed by atoms with E-state index in [1.807, 2.05) is 36.1 Å². The second-order valence-electron chi connectivity index (χ2n) is 8.03. The summed E-state index contributed by atoms with van der Waals surface area (Å²) < 4.78 is 11.0. The standard InChI is InChI=1S/C26H32N2O4/c1-5-9-20-16-21(17-23(31-3)25(20)32-4)26(30)28(22-12-10-19(2)11-13-22)18-24(29)27-14-7-6-8-15-27/h5,10-13,16-17H,1,6-9,14-15,18H2,2-4H3. The normalized spacial score (nSPS) is 13.4. The number of carbonyl (C=O) groups is 2. The van der Waals surface area contributed by atoms with Crippen molar-refractivity contribution in [1.29, 1.82) is 0 Å². The van der Waals surface area contributed by atoms with Gasteiger partial charge in [0, 0.05) is 29.9 Å². The maximum atomic E-state index is 13.7. The first-order chi connectivity index (χ1) is 15.5. The van der Waals surface area contributed by atoms with E-state index in [0.717, 1.165) is 43.5 Å². The molecule has 0 atom stereocenters. The van der Waals surface area contributed by atoms with Gasteiger partial charge in [-0.25, -0.2) is 0 Å². The summed E-state index contributed by atoms with van der Waals surface area (Å²) in [7, 11) is 3.11. The summed E-state index contributed by atoms with van der Waals surface area (Å²) in [6, 6.07) is 11.1. The molecule has 2 aromatic rings. The molecule has 32 heavy (non-hydrogen) atoms. The second-order valence-corrected chi connectivity index (χ2v) is 8.03. The molecule has 0 radical (unpaired) electrons. The topological polar surface area (TPSA) is 59.1 Å². The van der Waals surface area contributed by atoms with Crippen molar-refractivity contribution in [3.05, 3.63) is 65.7 Å². The molecule has 6 heteroatoms. The maximum absolute atomic E-state index is 13.7. The fourth-order valence-corrected chi connectivity index (χ4v) is 4.01. The van der Waals surface area contributed by atoms with Gasteiger partial charge < -0.3 is 14.4 Å². The number of likely N-dealkylation sites (tertiary alicyclic amines) is 1. The molecule has 1 aliphatic rings. The van der Waals surface area contributed by atoms with Gasteiger partial charge in [-0.05, 0) is 56.9 Å². The smallest absolute Gasteiger partial charge is 0.258 e. The van der Waals surface area contributed by atoms with Crippen molar-refractivity contribution < 1.29 is 19.1 Å². The Hall–Kier alpha value is -3.28. The van der Waals surface area contributed by atoms with Crippen molar-refractivity contribution in [2.75, 3.05) is 38.8 Å². The number of ether oxygens (including phenoxy) is 2. The quantitative estimate of drug-likeness (QED) is 0.576. The Bertz CT molecular complexity index is 963. The van der Waals surface area contributed by atoms with Crippen molar-refractivity contribution >= 4 is 17.5 Å². The Morgan fingerprint density at radius 1 is 1.06 bits per heavy atom. The number of hydrogen-bond acceptors (Lipinski definition) is 4. The van der Waals surface area contributed by atoms with Crippen LogP contribution in [0, 0.1) is 6.92 Å². The molecule has 1 saturated heterocycles. The van der Waals surface area contributed by atoms with Crippen LogP contribution in [0.15, 0.2) is 49.1 Å². The number of benzene rings is 2. The summed E-state index contributed by atoms with van der Waals surface area (Å²) >= 11 is 0. The van der Waals surface area contributed by atoms with Crippen LogP contribution in [0.1, 0.15) is 40.7 Å². The Labute approximate surface area is 190 Å². The fraction of sp³-hybridized carbons (Fsp3) is 0.385. The first kappa shape index (κ1) is 23.4. The number of allylic oxidation sites excluding steroid dienone is 1. The molecule has 0 N–H and O–H groups in total. The van der Waals surface area contributed by atoms with Gasteiger partial charge in [-0.3, -0.25) is 14.5 Å². The largest absolute Gasteiger partial charge is 0.493 e. The van der Waals surface area contributed by atoms with Gasteiger partial charge in [0.15, 0.2) is 11.5 Å². The Kier molecular flexibility index (Phi) is 7.92. The number of rotatable bonds is 8. The number of amides is 2. The van der Waals surface area contributed by atoms with Crippen LogP contribution in [0.2, 0.25) is 0 Å². The van der Waals surface area contributed by atoms with Crippen LogP contribution in [0.3, 0.4) is 0 Å². The van der Waals surface area contributed by atoms with E-state index < -0.39 is 0 Å². The van der Waals surface area contributed by atoms with Crippen LogP contribution < -0.4 is 14.4 Å². The van der Waals surface area contributed by atoms with Gasteiger partial charge in [-0.1, -0.05) is 23.8 Å². The zero-order valence-corrected chi connectivity index (χ0v) is 19.2. The number of piperidine rings is 1. The number of hydrogen-bond donors (Lipinski definition) is 0. The van der Waals surface area contributed by atoms with E-state index in [-0.39, 0.29) is 18.4 Å². The number of nitrogens with zero attached hydrogens (tertiary/aromatic N) is 2. The fourth-order valence-electron chi connectivity index (χ4n) is 4.01. The minimum absolute atomic E-state index is 0.00691. The van der Waals surface area contributed by atoms with Crippen LogP contribution >= 0.6 is 0 Å². The average Bonchev–Trinajstić information content (AvgIpc) is 2.82. The molecule has 3 rings (SSSR count). The van der Waals surface area contributed by atoms with Crippen molar-refractivity contribution in [3.8, 4) is 11.5 Å². The third-order valence-corrected chi connectivity index (χ3v) is 5.76. The van der Waals surface area contributed by atoms with Gasteiger partial charge in [0.1, 0.15) is 6.54 Å². The van der Waals surface area contributed by atoms with E-state index in [1.54, 1.807) is 37.3 Å². The predicted molar refractivity (Wildman–Crippen MR) is 127 cm³/mol. The molecule has 0 unspecified atom stereocenters. The van der Waals surface area contributed by atoms with Crippen LogP contribution in [-0.4, -0.2) is 50.6 Å². The molecule has 1 fully saturated rings. The molecule has 2 amide bonds. The summed E-state index contributed by atoms with van der Waals surface area (Å²) in [4.78, 5) is 30.2. The van der Waals surface area contributed by atoms with Gasteiger partial charge >= 0.3 is 0 Å². The lowest BCUT2D eigenvalue weighted by molar-refractivity contribution is -0.130. The Morgan fingerprint density at radius 2 is 1.75 bits per heavy atom. The Morgan fingerprint density at radius 3 is 2.34 bits per heavy atom. The number of methoxy groups -OCH3 is 2. The van der Waals surface area contributed by atoms with Crippen LogP contribution in [0.4, 0.5) is 5.69 Å². The third-order valence-electron chi connectivity index (χ3n) is 5.76. The SMILES string of the molecule is C=CCc1cc(C(=O)N(CC(=O)N2CCCCC2)c2ccc(C)cc2)cc(OC)c1OC. The highest BCUT2D eigenvalue weighted by atomic mass is 16.5. The molecule has 0 bridgehead atoms. The van der Waals surface area contributed by atoms with Crippen LogP contribution in [0.25, 0.3) is 0 Å². The summed E-state index contributed by atoms with van der Waals surface area (Å²) in [6.07, 6.45) is 5.43. The van der Waals surface area contributed by atoms with E-state index in [4.69, 9.17) is 9.47 Å². The molecule has 0 aliphatic carbocycles. The predicted octanol–water partition coefficient (Wildman–Crippen LogP) is 4.40. The first-order valence-corrected chi connectivity index (χ1v) is 11.0. The molecule has 1 heterocycles. The van der Waals surface area contributed by atoms with E-state index in [1.165, 1.54) is 0 Å². The highest BCUT2D eigenvalue weighted by Crippen LogP contribution is 2.34. The minimum atomic E-state index is -0.259. The van der Waals surface area contributed by atoms with E-state index in [0.29, 0.717) is 29.2 Å². The first-order valence-electron chi connectivity index (χ1n) is 11.0. The van der Waals surface area contributed by atoms with Gasteiger partial charge in [0.05, 0.1) is 14.2 Å². The summed E-state index contributed by atoms with van der Waals surface area (Å²) in [5.41, 5.74) is 3.01. The maximum Gasteiger partial charge on any atom is 0.258 e. The molecular formula is C26H32N2O4. The minimum Gasteiger partial charge on any atom is -0.493 e. The van der Waals surface area contributed by atoms with Crippen molar-refractivity contribution in [3.63, 3.8) is 0 Å². The summed E-state index contributed by atoms with van der Waals surface area (Å²) in [5.74, 6) is 0.757. The van der Waals surface area contributed by atoms with Crippen molar-refractivity contribution in [2.45, 2.75) is 32.6 Å². The lowest BCUT2D eigenvalue weighted by Crippen LogP contribution is -2.45. The lowest BCUT2D eigenvalue weighted by atomic mass is 10.0. The highest BCUT2D eigenvalue weighted by molar-refractivity contribution is 6.09. The molecule has 0 aromatic heterocycles. The molecule has 2 aromatic carbocycles. The zero-order valence-electron chi connectivity index (χ0n) is 19.2. The Balaban J connectivity index is 1.99. The van der Waals surface area contributed by atoms with Crippen LogP contribution in [0.5, 0.6) is 11.5 Å². The molecule has 6 nitrogen and oxygen atoms in total. The summed E-state index contributed by atoms with van der Waals surface area (Å²) in [6.45, 7) is 7.27. The monoisotopic (exact) mass is 436 g/mol. The lowest BCUT2D eigenvalue weighted by Gasteiger charge is -2.30. The number of anilines is 1. The molecule has 170 valence electrons. The van der Waals surface area contributed by atoms with E-state index in [2.05, 4.69) is 6.58 Å². The molecule has 0 saturated carbocycles. The van der Waals surface area contributed by atoms with E-state index in [9.17, 15) is 9.59 Å². The number of aryl methyl sites for hydroxylation is 1. The van der Waals surface area contributed by atoms with Gasteiger partial charge in [-0.15, -0.1) is 6.58 Å². The molecule has 0 spiro atoms. The van der Waals surface area contributed by atoms with Crippen molar-refractivity contribution in [2.24, 2.45) is 0 Å². The highest BCUT2D eigenvalue weighted by Gasteiger charge is 2.26. The van der Waals surface area contributed by atoms with Crippen LogP contribution in [-0.2, 0) is 11.2 Å². The second kappa shape index (κ2) is 10.8. The van der Waals surface area contributed by atoms with Crippen molar-refractivity contribution in [1.82, 2.24) is 4.90 Å². The average molecular weight is 437 g/mol. The van der Waals surface area contributed by atoms with Gasteiger partial charge in [-0.2, -0.15) is 0 Å². The molecular weight excluding hydrogens is 404 g/mol. The number of carbonyl (C=O) groups excluding carboxylic acids is 2. The van der Waals surface area contributed by atoms with Gasteiger partial charge in [0.2, 0.25) is 5.91 Å². The summed E-state index contributed by atoms with van der Waals surface area (Å²) in [5, 5.41) is 0. The third kappa shape index (κ3) is 5.31. The van der Waals surface area contributed by atoms with Gasteiger partial charge in [0.25, 0.3) is 5.91 Å². The zero-order chi connectivity index (χ0) is 23.1. The molecule has 1 aliphatic heterocycles.